The molecule has 2 heteroatoms. The molecular weight excluding hydrogens is 246 g/mol. The van der Waals surface area contributed by atoms with Crippen molar-refractivity contribution in [1.29, 1.82) is 0 Å². The molecule has 0 heterocycles. The van der Waals surface area contributed by atoms with E-state index in [9.17, 15) is 0 Å². The molecule has 0 aliphatic heterocycles. The summed E-state index contributed by atoms with van der Waals surface area (Å²) in [6, 6.07) is 15.1. The molecule has 0 fully saturated rings. The van der Waals surface area contributed by atoms with Crippen LogP contribution in [-0.2, 0) is 0 Å². The molecule has 1 atom stereocenters. The van der Waals surface area contributed by atoms with Gasteiger partial charge in [0, 0.05) is 0 Å². The summed E-state index contributed by atoms with van der Waals surface area (Å²) < 4.78 is 5.99. The van der Waals surface area contributed by atoms with Gasteiger partial charge in [-0.1, -0.05) is 42.0 Å². The summed E-state index contributed by atoms with van der Waals surface area (Å²) in [5, 5.41) is 3.32. The topological polar surface area (TPSA) is 21.3 Å². The SMILES string of the molecule is CNC(COc1cc(C)ccc1C)c1ccc(C)cc1. The van der Waals surface area contributed by atoms with Crippen molar-refractivity contribution in [3.05, 3.63) is 64.7 Å². The van der Waals surface area contributed by atoms with Crippen LogP contribution in [0.2, 0.25) is 0 Å². The molecule has 0 radical (unpaired) electrons. The smallest absolute Gasteiger partial charge is 0.122 e. The maximum Gasteiger partial charge on any atom is 0.122 e. The van der Waals surface area contributed by atoms with Crippen molar-refractivity contribution in [2.24, 2.45) is 0 Å². The van der Waals surface area contributed by atoms with E-state index in [4.69, 9.17) is 4.74 Å². The predicted octanol–water partition coefficient (Wildman–Crippen LogP) is 3.95. The lowest BCUT2D eigenvalue weighted by Gasteiger charge is -2.19. The summed E-state index contributed by atoms with van der Waals surface area (Å²) in [7, 11) is 1.97. The van der Waals surface area contributed by atoms with Crippen molar-refractivity contribution in [2.75, 3.05) is 13.7 Å². The molecule has 0 saturated heterocycles. The van der Waals surface area contributed by atoms with E-state index >= 15 is 0 Å². The zero-order valence-corrected chi connectivity index (χ0v) is 12.7. The van der Waals surface area contributed by atoms with Crippen molar-refractivity contribution in [1.82, 2.24) is 5.32 Å². The highest BCUT2D eigenvalue weighted by molar-refractivity contribution is 5.36. The zero-order valence-electron chi connectivity index (χ0n) is 12.7. The first-order valence-corrected chi connectivity index (χ1v) is 7.04. The van der Waals surface area contributed by atoms with Crippen molar-refractivity contribution < 1.29 is 4.74 Å². The predicted molar refractivity (Wildman–Crippen MR) is 84.4 cm³/mol. The monoisotopic (exact) mass is 269 g/mol. The van der Waals surface area contributed by atoms with Crippen LogP contribution in [0.15, 0.2) is 42.5 Å². The molecule has 20 heavy (non-hydrogen) atoms. The summed E-state index contributed by atoms with van der Waals surface area (Å²) >= 11 is 0. The zero-order chi connectivity index (χ0) is 14.5. The Labute approximate surface area is 121 Å². The summed E-state index contributed by atoms with van der Waals surface area (Å²) in [5.41, 5.74) is 4.93. The van der Waals surface area contributed by atoms with Crippen LogP contribution in [0, 0.1) is 20.8 Å². The second-order valence-corrected chi connectivity index (χ2v) is 5.33. The Morgan fingerprint density at radius 3 is 2.25 bits per heavy atom. The Bertz CT molecular complexity index is 560. The third-order valence-corrected chi connectivity index (χ3v) is 3.58. The Kier molecular flexibility index (Phi) is 4.80. The summed E-state index contributed by atoms with van der Waals surface area (Å²) in [6.07, 6.45) is 0. The second-order valence-electron chi connectivity index (χ2n) is 5.33. The number of aryl methyl sites for hydroxylation is 3. The Morgan fingerprint density at radius 1 is 0.950 bits per heavy atom. The minimum Gasteiger partial charge on any atom is -0.491 e. The Morgan fingerprint density at radius 2 is 1.60 bits per heavy atom. The molecule has 2 aromatic carbocycles. The standard InChI is InChI=1S/C18H23NO/c1-13-6-9-16(10-7-13)17(19-4)12-20-18-11-14(2)5-8-15(18)3/h5-11,17,19H,12H2,1-4H3. The van der Waals surface area contributed by atoms with E-state index < -0.39 is 0 Å². The molecule has 2 rings (SSSR count). The van der Waals surface area contributed by atoms with Crippen LogP contribution in [0.3, 0.4) is 0 Å². The minimum absolute atomic E-state index is 0.204. The number of rotatable bonds is 5. The first-order chi connectivity index (χ1) is 9.60. The average molecular weight is 269 g/mol. The Balaban J connectivity index is 2.07. The van der Waals surface area contributed by atoms with E-state index in [0.717, 1.165) is 5.75 Å². The first kappa shape index (κ1) is 14.6. The molecule has 0 aliphatic rings. The summed E-state index contributed by atoms with van der Waals surface area (Å²) in [5.74, 6) is 0.970. The van der Waals surface area contributed by atoms with Gasteiger partial charge in [-0.3, -0.25) is 0 Å². The summed E-state index contributed by atoms with van der Waals surface area (Å²) in [6.45, 7) is 6.89. The van der Waals surface area contributed by atoms with Crippen LogP contribution in [0.25, 0.3) is 0 Å². The quantitative estimate of drug-likeness (QED) is 0.887. The van der Waals surface area contributed by atoms with Gasteiger partial charge in [0.2, 0.25) is 0 Å². The number of nitrogens with one attached hydrogen (secondary N) is 1. The van der Waals surface area contributed by atoms with Gasteiger partial charge in [-0.05, 0) is 50.6 Å². The van der Waals surface area contributed by atoms with Gasteiger partial charge >= 0.3 is 0 Å². The van der Waals surface area contributed by atoms with Crippen molar-refractivity contribution in [3.8, 4) is 5.75 Å². The molecular formula is C18H23NO. The highest BCUT2D eigenvalue weighted by atomic mass is 16.5. The molecule has 2 aromatic rings. The highest BCUT2D eigenvalue weighted by Crippen LogP contribution is 2.21. The van der Waals surface area contributed by atoms with Gasteiger partial charge < -0.3 is 10.1 Å². The third kappa shape index (κ3) is 3.61. The van der Waals surface area contributed by atoms with Gasteiger partial charge in [-0.2, -0.15) is 0 Å². The molecule has 1 N–H and O–H groups in total. The molecule has 106 valence electrons. The van der Waals surface area contributed by atoms with E-state index in [2.05, 4.69) is 68.6 Å². The fourth-order valence-electron chi connectivity index (χ4n) is 2.18. The lowest BCUT2D eigenvalue weighted by atomic mass is 10.1. The molecule has 0 amide bonds. The van der Waals surface area contributed by atoms with Crippen molar-refractivity contribution in [2.45, 2.75) is 26.8 Å². The summed E-state index contributed by atoms with van der Waals surface area (Å²) in [4.78, 5) is 0. The average Bonchev–Trinajstić information content (AvgIpc) is 2.45. The van der Waals surface area contributed by atoms with Crippen LogP contribution in [0.4, 0.5) is 0 Å². The molecule has 0 bridgehead atoms. The first-order valence-electron chi connectivity index (χ1n) is 7.04. The van der Waals surface area contributed by atoms with Gasteiger partial charge in [0.05, 0.1) is 6.04 Å². The fraction of sp³-hybridized carbons (Fsp3) is 0.333. The number of benzene rings is 2. The number of hydrogen-bond donors (Lipinski definition) is 1. The highest BCUT2D eigenvalue weighted by Gasteiger charge is 2.10. The van der Waals surface area contributed by atoms with E-state index in [-0.39, 0.29) is 6.04 Å². The lowest BCUT2D eigenvalue weighted by Crippen LogP contribution is -2.23. The van der Waals surface area contributed by atoms with Crippen LogP contribution in [0.1, 0.15) is 28.3 Å². The second kappa shape index (κ2) is 6.58. The van der Waals surface area contributed by atoms with E-state index in [1.165, 1.54) is 22.3 Å². The van der Waals surface area contributed by atoms with Crippen molar-refractivity contribution in [3.63, 3.8) is 0 Å². The lowest BCUT2D eigenvalue weighted by molar-refractivity contribution is 0.271. The number of hydrogen-bond acceptors (Lipinski definition) is 2. The van der Waals surface area contributed by atoms with Gasteiger partial charge in [0.15, 0.2) is 0 Å². The normalized spacial score (nSPS) is 12.2. The molecule has 1 unspecified atom stereocenters. The van der Waals surface area contributed by atoms with Gasteiger partial charge in [0.1, 0.15) is 12.4 Å². The van der Waals surface area contributed by atoms with E-state index in [1.807, 2.05) is 7.05 Å². The largest absolute Gasteiger partial charge is 0.491 e. The maximum atomic E-state index is 5.99. The fourth-order valence-corrected chi connectivity index (χ4v) is 2.18. The van der Waals surface area contributed by atoms with Gasteiger partial charge in [-0.15, -0.1) is 0 Å². The number of likely N-dealkylation sites (N-methyl/N-ethyl adjacent to an activating group) is 1. The molecule has 0 spiro atoms. The number of ether oxygens (including phenoxy) is 1. The van der Waals surface area contributed by atoms with E-state index in [1.54, 1.807) is 0 Å². The van der Waals surface area contributed by atoms with Gasteiger partial charge in [-0.25, -0.2) is 0 Å². The third-order valence-electron chi connectivity index (χ3n) is 3.58. The molecule has 2 nitrogen and oxygen atoms in total. The van der Waals surface area contributed by atoms with E-state index in [0.29, 0.717) is 6.61 Å². The maximum absolute atomic E-state index is 5.99. The van der Waals surface area contributed by atoms with Crippen LogP contribution in [-0.4, -0.2) is 13.7 Å². The minimum atomic E-state index is 0.204. The van der Waals surface area contributed by atoms with Crippen LogP contribution < -0.4 is 10.1 Å². The van der Waals surface area contributed by atoms with Crippen molar-refractivity contribution >= 4 is 0 Å². The van der Waals surface area contributed by atoms with Crippen LogP contribution in [0.5, 0.6) is 5.75 Å². The van der Waals surface area contributed by atoms with Crippen LogP contribution >= 0.6 is 0 Å². The molecule has 0 aliphatic carbocycles. The van der Waals surface area contributed by atoms with Gasteiger partial charge in [0.25, 0.3) is 0 Å². The molecule has 0 aromatic heterocycles. The Hall–Kier alpha value is -1.80. The molecule has 0 saturated carbocycles.